The first-order valence-corrected chi connectivity index (χ1v) is 9.49. The summed E-state index contributed by atoms with van der Waals surface area (Å²) in [6.07, 6.45) is 5.22. The van der Waals surface area contributed by atoms with Gasteiger partial charge in [-0.1, -0.05) is 6.92 Å². The molecular weight excluding hydrogens is 312 g/mol. The van der Waals surface area contributed by atoms with Crippen molar-refractivity contribution in [1.29, 1.82) is 0 Å². The number of halogens is 1. The number of amides is 1. The van der Waals surface area contributed by atoms with Gasteiger partial charge in [0, 0.05) is 19.3 Å². The summed E-state index contributed by atoms with van der Waals surface area (Å²) in [5.41, 5.74) is 0. The molecule has 5 nitrogen and oxygen atoms in total. The highest BCUT2D eigenvalue weighted by Crippen LogP contribution is 2.34. The standard InChI is InChI=1S/C14H26N2O3S.ClH/c1-3-10-16(11-12-4-5-12)13(17)14(20(2,18)19)6-8-15-9-7-14;/h12,15H,3-11H2,1-2H3;1H. The van der Waals surface area contributed by atoms with Crippen molar-refractivity contribution in [2.24, 2.45) is 5.92 Å². The predicted molar refractivity (Wildman–Crippen MR) is 86.5 cm³/mol. The van der Waals surface area contributed by atoms with Crippen LogP contribution in [0.2, 0.25) is 0 Å². The second-order valence-electron chi connectivity index (χ2n) is 6.21. The molecule has 0 aromatic rings. The lowest BCUT2D eigenvalue weighted by Gasteiger charge is -2.38. The number of nitrogens with one attached hydrogen (secondary N) is 1. The maximum absolute atomic E-state index is 12.9. The fraction of sp³-hybridized carbons (Fsp3) is 0.929. The van der Waals surface area contributed by atoms with Gasteiger partial charge in [0.05, 0.1) is 0 Å². The monoisotopic (exact) mass is 338 g/mol. The molecule has 124 valence electrons. The van der Waals surface area contributed by atoms with Crippen LogP contribution in [0.3, 0.4) is 0 Å². The molecule has 1 aliphatic carbocycles. The molecule has 1 heterocycles. The molecule has 21 heavy (non-hydrogen) atoms. The topological polar surface area (TPSA) is 66.5 Å². The van der Waals surface area contributed by atoms with Crippen molar-refractivity contribution in [1.82, 2.24) is 10.2 Å². The Morgan fingerprint density at radius 1 is 1.29 bits per heavy atom. The SMILES string of the molecule is CCCN(CC1CC1)C(=O)C1(S(C)(=O)=O)CCNCC1.Cl. The quantitative estimate of drug-likeness (QED) is 0.791. The zero-order valence-corrected chi connectivity index (χ0v) is 14.6. The van der Waals surface area contributed by atoms with Crippen LogP contribution < -0.4 is 5.32 Å². The molecule has 2 aliphatic rings. The van der Waals surface area contributed by atoms with Gasteiger partial charge in [0.1, 0.15) is 0 Å². The van der Waals surface area contributed by atoms with Crippen LogP contribution in [0.15, 0.2) is 0 Å². The highest BCUT2D eigenvalue weighted by molar-refractivity contribution is 7.92. The largest absolute Gasteiger partial charge is 0.341 e. The van der Waals surface area contributed by atoms with Gasteiger partial charge in [-0.15, -0.1) is 12.4 Å². The summed E-state index contributed by atoms with van der Waals surface area (Å²) in [5.74, 6) is 0.430. The van der Waals surface area contributed by atoms with Crippen LogP contribution in [0.5, 0.6) is 0 Å². The average molecular weight is 339 g/mol. The van der Waals surface area contributed by atoms with E-state index in [1.807, 2.05) is 11.8 Å². The smallest absolute Gasteiger partial charge is 0.244 e. The summed E-state index contributed by atoms with van der Waals surface area (Å²) in [6.45, 7) is 4.63. The summed E-state index contributed by atoms with van der Waals surface area (Å²) in [6, 6.07) is 0. The summed E-state index contributed by atoms with van der Waals surface area (Å²) < 4.78 is 23.4. The molecule has 0 radical (unpaired) electrons. The molecular formula is C14H27ClN2O3S. The maximum Gasteiger partial charge on any atom is 0.244 e. The molecule has 0 bridgehead atoms. The fourth-order valence-electron chi connectivity index (χ4n) is 3.02. The van der Waals surface area contributed by atoms with Crippen molar-refractivity contribution in [2.45, 2.75) is 43.8 Å². The third kappa shape index (κ3) is 4.11. The molecule has 7 heteroatoms. The van der Waals surface area contributed by atoms with Gasteiger partial charge in [-0.05, 0) is 51.1 Å². The van der Waals surface area contributed by atoms with E-state index in [1.54, 1.807) is 0 Å². The molecule has 0 unspecified atom stereocenters. The van der Waals surface area contributed by atoms with Crippen LogP contribution in [-0.2, 0) is 14.6 Å². The Labute approximate surface area is 134 Å². The number of carbonyl (C=O) groups excluding carboxylic acids is 1. The van der Waals surface area contributed by atoms with E-state index >= 15 is 0 Å². The molecule has 1 saturated heterocycles. The Morgan fingerprint density at radius 3 is 2.29 bits per heavy atom. The Kier molecular flexibility index (Phi) is 6.50. The Morgan fingerprint density at radius 2 is 1.86 bits per heavy atom. The van der Waals surface area contributed by atoms with Crippen molar-refractivity contribution in [3.63, 3.8) is 0 Å². The molecule has 0 atom stereocenters. The van der Waals surface area contributed by atoms with E-state index in [0.717, 1.165) is 13.0 Å². The number of hydrogen-bond donors (Lipinski definition) is 1. The zero-order valence-electron chi connectivity index (χ0n) is 12.9. The molecule has 0 spiro atoms. The Balaban J connectivity index is 0.00000220. The van der Waals surface area contributed by atoms with E-state index in [0.29, 0.717) is 38.4 Å². The minimum absolute atomic E-state index is 0. The number of nitrogens with zero attached hydrogens (tertiary/aromatic N) is 1. The average Bonchev–Trinajstić information content (AvgIpc) is 3.21. The van der Waals surface area contributed by atoms with Crippen molar-refractivity contribution in [3.05, 3.63) is 0 Å². The van der Waals surface area contributed by atoms with E-state index in [9.17, 15) is 13.2 Å². The van der Waals surface area contributed by atoms with E-state index in [2.05, 4.69) is 5.32 Å². The minimum atomic E-state index is -3.40. The van der Waals surface area contributed by atoms with Crippen molar-refractivity contribution >= 4 is 28.2 Å². The van der Waals surface area contributed by atoms with Crippen LogP contribution >= 0.6 is 12.4 Å². The molecule has 1 saturated carbocycles. The highest BCUT2D eigenvalue weighted by Gasteiger charge is 2.50. The number of piperidine rings is 1. The lowest BCUT2D eigenvalue weighted by Crippen LogP contribution is -2.58. The van der Waals surface area contributed by atoms with Gasteiger partial charge in [0.2, 0.25) is 5.91 Å². The molecule has 1 N–H and O–H groups in total. The molecule has 0 aromatic heterocycles. The molecule has 1 aliphatic heterocycles. The van der Waals surface area contributed by atoms with Crippen molar-refractivity contribution in [3.8, 4) is 0 Å². The molecule has 2 rings (SSSR count). The fourth-order valence-corrected chi connectivity index (χ4v) is 4.41. The van der Waals surface area contributed by atoms with Crippen LogP contribution in [0.1, 0.15) is 39.0 Å². The number of carbonyl (C=O) groups is 1. The van der Waals surface area contributed by atoms with Gasteiger partial charge in [0.15, 0.2) is 14.6 Å². The zero-order chi connectivity index (χ0) is 14.8. The van der Waals surface area contributed by atoms with Gasteiger partial charge in [-0.2, -0.15) is 0 Å². The van der Waals surface area contributed by atoms with Crippen LogP contribution in [-0.4, -0.2) is 56.4 Å². The van der Waals surface area contributed by atoms with Crippen molar-refractivity contribution in [2.75, 3.05) is 32.4 Å². The van der Waals surface area contributed by atoms with Crippen LogP contribution in [0.4, 0.5) is 0 Å². The van der Waals surface area contributed by atoms with Gasteiger partial charge in [0.25, 0.3) is 0 Å². The summed E-state index contributed by atoms with van der Waals surface area (Å²) in [5, 5.41) is 3.16. The van der Waals surface area contributed by atoms with E-state index in [4.69, 9.17) is 0 Å². The number of sulfone groups is 1. The summed E-state index contributed by atoms with van der Waals surface area (Å²) in [4.78, 5) is 14.7. The highest BCUT2D eigenvalue weighted by atomic mass is 35.5. The van der Waals surface area contributed by atoms with Crippen LogP contribution in [0, 0.1) is 5.92 Å². The molecule has 1 amide bonds. The van der Waals surface area contributed by atoms with Gasteiger partial charge < -0.3 is 10.2 Å². The van der Waals surface area contributed by atoms with Crippen LogP contribution in [0.25, 0.3) is 0 Å². The normalized spacial score (nSPS) is 21.4. The van der Waals surface area contributed by atoms with E-state index in [-0.39, 0.29) is 18.3 Å². The summed E-state index contributed by atoms with van der Waals surface area (Å²) in [7, 11) is -3.40. The lowest BCUT2D eigenvalue weighted by atomic mass is 9.95. The maximum atomic E-state index is 12.9. The Bertz CT molecular complexity index is 457. The first-order chi connectivity index (χ1) is 9.40. The summed E-state index contributed by atoms with van der Waals surface area (Å²) >= 11 is 0. The first-order valence-electron chi connectivity index (χ1n) is 7.60. The van der Waals surface area contributed by atoms with E-state index in [1.165, 1.54) is 19.1 Å². The third-order valence-electron chi connectivity index (χ3n) is 4.47. The molecule has 2 fully saturated rings. The number of hydrogen-bond acceptors (Lipinski definition) is 4. The van der Waals surface area contributed by atoms with Gasteiger partial charge in [-0.3, -0.25) is 4.79 Å². The first kappa shape index (κ1) is 18.7. The second-order valence-corrected chi connectivity index (χ2v) is 8.54. The predicted octanol–water partition coefficient (Wildman–Crippen LogP) is 1.22. The minimum Gasteiger partial charge on any atom is -0.341 e. The second kappa shape index (κ2) is 7.29. The van der Waals surface area contributed by atoms with Gasteiger partial charge in [-0.25, -0.2) is 8.42 Å². The Hall–Kier alpha value is -0.330. The lowest BCUT2D eigenvalue weighted by molar-refractivity contribution is -0.135. The van der Waals surface area contributed by atoms with Crippen molar-refractivity contribution < 1.29 is 13.2 Å². The third-order valence-corrected chi connectivity index (χ3v) is 6.47. The number of rotatable bonds is 6. The molecule has 0 aromatic carbocycles. The van der Waals surface area contributed by atoms with E-state index < -0.39 is 14.6 Å². The van der Waals surface area contributed by atoms with Gasteiger partial charge >= 0.3 is 0 Å².